The Labute approximate surface area is 232 Å². The zero-order valence-corrected chi connectivity index (χ0v) is 23.0. The summed E-state index contributed by atoms with van der Waals surface area (Å²) in [6, 6.07) is 6.19. The molecule has 39 heavy (non-hydrogen) atoms. The van der Waals surface area contributed by atoms with E-state index in [1.54, 1.807) is 37.4 Å². The predicted molar refractivity (Wildman–Crippen MR) is 146 cm³/mol. The second kappa shape index (κ2) is 10.2. The molecule has 5 N–H and O–H groups in total. The number of fused-ring (bicyclic) bond motifs is 2. The van der Waals surface area contributed by atoms with Crippen LogP contribution in [0.1, 0.15) is 28.3 Å². The van der Waals surface area contributed by atoms with Crippen molar-refractivity contribution in [3.8, 4) is 0 Å². The zero-order chi connectivity index (χ0) is 28.1. The minimum atomic E-state index is -4.14. The number of aromatic amines is 1. The Kier molecular flexibility index (Phi) is 7.05. The number of aryl methyl sites for hydroxylation is 1. The van der Waals surface area contributed by atoms with Crippen molar-refractivity contribution in [3.05, 3.63) is 52.3 Å². The molecule has 5 rings (SSSR count). The number of rotatable bonds is 7. The number of pyridine rings is 1. The van der Waals surface area contributed by atoms with Gasteiger partial charge in [-0.2, -0.15) is 4.31 Å². The summed E-state index contributed by atoms with van der Waals surface area (Å²) in [5.41, 5.74) is 12.9. The number of nitrogens with one attached hydrogen (secondary N) is 1. The van der Waals surface area contributed by atoms with Crippen molar-refractivity contribution in [2.24, 2.45) is 11.5 Å². The van der Waals surface area contributed by atoms with E-state index < -0.39 is 39.8 Å². The number of nitrogens with zero attached hydrogens (tertiary/aromatic N) is 4. The molecule has 4 aromatic rings. The lowest BCUT2D eigenvalue weighted by Gasteiger charge is -2.45. The quantitative estimate of drug-likeness (QED) is 0.293. The van der Waals surface area contributed by atoms with Gasteiger partial charge in [-0.3, -0.25) is 19.4 Å². The van der Waals surface area contributed by atoms with Crippen molar-refractivity contribution in [2.45, 2.75) is 36.9 Å². The molecule has 204 valence electrons. The van der Waals surface area contributed by atoms with Crippen LogP contribution < -0.4 is 11.5 Å². The van der Waals surface area contributed by atoms with Crippen molar-refractivity contribution in [3.63, 3.8) is 0 Å². The molecule has 0 saturated carbocycles. The number of primary amides is 2. The van der Waals surface area contributed by atoms with Gasteiger partial charge in [0.25, 0.3) is 15.9 Å². The van der Waals surface area contributed by atoms with Crippen LogP contribution in [0.15, 0.2) is 41.6 Å². The zero-order valence-electron chi connectivity index (χ0n) is 20.6. The summed E-state index contributed by atoms with van der Waals surface area (Å²) in [6.07, 6.45) is 0.945. The molecule has 0 aliphatic carbocycles. The maximum atomic E-state index is 13.8. The van der Waals surface area contributed by atoms with Gasteiger partial charge in [-0.25, -0.2) is 13.4 Å². The van der Waals surface area contributed by atoms with Gasteiger partial charge in [0, 0.05) is 53.7 Å². The van der Waals surface area contributed by atoms with Gasteiger partial charge in [0.05, 0.1) is 22.3 Å². The smallest absolute Gasteiger partial charge is 0.283 e. The Morgan fingerprint density at radius 2 is 1.77 bits per heavy atom. The number of sulfonamides is 1. The lowest BCUT2D eigenvalue weighted by Crippen LogP contribution is -2.62. The van der Waals surface area contributed by atoms with E-state index in [4.69, 9.17) is 23.1 Å². The first-order valence-electron chi connectivity index (χ1n) is 11.8. The van der Waals surface area contributed by atoms with E-state index in [2.05, 4.69) is 15.0 Å². The summed E-state index contributed by atoms with van der Waals surface area (Å²) in [5, 5.41) is 1.06. The molecule has 1 fully saturated rings. The third kappa shape index (κ3) is 5.32. The van der Waals surface area contributed by atoms with E-state index in [-0.39, 0.29) is 36.0 Å². The molecule has 1 aliphatic rings. The Bertz CT molecular complexity index is 1710. The van der Waals surface area contributed by atoms with Crippen molar-refractivity contribution < 1.29 is 22.8 Å². The lowest BCUT2D eigenvalue weighted by atomic mass is 10.0. The van der Waals surface area contributed by atoms with Gasteiger partial charge in [0.2, 0.25) is 11.8 Å². The third-order valence-electron chi connectivity index (χ3n) is 6.49. The number of hydrogen-bond acceptors (Lipinski definition) is 8. The highest BCUT2D eigenvalue weighted by Crippen LogP contribution is 2.31. The van der Waals surface area contributed by atoms with Crippen molar-refractivity contribution >= 4 is 71.8 Å². The molecule has 1 saturated heterocycles. The van der Waals surface area contributed by atoms with E-state index in [0.717, 1.165) is 21.3 Å². The van der Waals surface area contributed by atoms with Gasteiger partial charge in [0.15, 0.2) is 5.01 Å². The molecule has 3 aromatic heterocycles. The summed E-state index contributed by atoms with van der Waals surface area (Å²) in [5.74, 6) is -2.03. The number of amides is 3. The molecule has 1 aliphatic heterocycles. The molecule has 12 nitrogen and oxygen atoms in total. The number of piperazine rings is 1. The number of aromatic nitrogens is 3. The molecule has 0 bridgehead atoms. The molecule has 2 unspecified atom stereocenters. The first kappa shape index (κ1) is 27.0. The second-order valence-electron chi connectivity index (χ2n) is 9.36. The van der Waals surface area contributed by atoms with Gasteiger partial charge in [0.1, 0.15) is 5.03 Å². The summed E-state index contributed by atoms with van der Waals surface area (Å²) in [7, 11) is -4.14. The fourth-order valence-electron chi connectivity index (χ4n) is 4.83. The maximum Gasteiger partial charge on any atom is 0.283 e. The minimum Gasteiger partial charge on any atom is -0.370 e. The molecule has 15 heteroatoms. The van der Waals surface area contributed by atoms with Gasteiger partial charge in [-0.1, -0.05) is 11.6 Å². The molecular formula is C24H24ClN7O5S2. The Hall–Kier alpha value is -3.59. The molecule has 0 spiro atoms. The average Bonchev–Trinajstić information content (AvgIpc) is 3.46. The number of H-pyrrole nitrogens is 1. The van der Waals surface area contributed by atoms with Crippen LogP contribution in [0.5, 0.6) is 0 Å². The first-order valence-corrected chi connectivity index (χ1v) is 14.5. The van der Waals surface area contributed by atoms with Gasteiger partial charge < -0.3 is 21.4 Å². The average molecular weight is 590 g/mol. The topological polar surface area (TPSA) is 185 Å². The summed E-state index contributed by atoms with van der Waals surface area (Å²) in [6.45, 7) is 1.34. The normalized spacial score (nSPS) is 18.6. The first-order chi connectivity index (χ1) is 18.4. The van der Waals surface area contributed by atoms with Crippen LogP contribution in [-0.2, 0) is 19.6 Å². The van der Waals surface area contributed by atoms with Gasteiger partial charge in [-0.05, 0) is 37.3 Å². The minimum absolute atomic E-state index is 0.0933. The molecule has 0 radical (unpaired) electrons. The number of hydrogen-bond donors (Lipinski definition) is 3. The fraction of sp³-hybridized carbons (Fsp3) is 0.292. The van der Waals surface area contributed by atoms with Crippen LogP contribution in [0, 0.1) is 6.92 Å². The number of benzene rings is 1. The Morgan fingerprint density at radius 3 is 2.41 bits per heavy atom. The highest BCUT2D eigenvalue weighted by molar-refractivity contribution is 7.89. The highest BCUT2D eigenvalue weighted by atomic mass is 35.5. The van der Waals surface area contributed by atoms with E-state index in [1.165, 1.54) is 11.0 Å². The van der Waals surface area contributed by atoms with Crippen LogP contribution in [0.3, 0.4) is 0 Å². The molecule has 1 aromatic carbocycles. The molecular weight excluding hydrogens is 566 g/mol. The number of carbonyl (C=O) groups excluding carboxylic acids is 3. The largest absolute Gasteiger partial charge is 0.370 e. The van der Waals surface area contributed by atoms with Crippen LogP contribution in [-0.4, -0.2) is 75.5 Å². The standard InChI is InChI=1S/C24H24ClN7O5S2/c1-12-4-18-19(9-28-12)38-23(30-18)24(35)32-15(7-20(26)33)10-31(11-16(32)8-21(27)34)39(36,37)22-6-13-5-14(25)2-3-17(13)29-22/h2-6,9,15-16,29H,7-8,10-11H2,1H3,(H2,26,33)(H2,27,34). The van der Waals surface area contributed by atoms with E-state index >= 15 is 0 Å². The Balaban J connectivity index is 1.53. The van der Waals surface area contributed by atoms with Crippen LogP contribution in [0.25, 0.3) is 21.1 Å². The summed E-state index contributed by atoms with van der Waals surface area (Å²) in [4.78, 5) is 50.7. The highest BCUT2D eigenvalue weighted by Gasteiger charge is 2.44. The maximum absolute atomic E-state index is 13.8. The van der Waals surface area contributed by atoms with Crippen LogP contribution in [0.4, 0.5) is 0 Å². The monoisotopic (exact) mass is 589 g/mol. The summed E-state index contributed by atoms with van der Waals surface area (Å²) < 4.78 is 29.2. The van der Waals surface area contributed by atoms with Crippen LogP contribution >= 0.6 is 22.9 Å². The van der Waals surface area contributed by atoms with E-state index in [9.17, 15) is 22.8 Å². The number of halogens is 1. The SMILES string of the molecule is Cc1cc2nc(C(=O)N3C(CC(N)=O)CN(S(=O)(=O)c4cc5cc(Cl)ccc5[nH]4)CC3CC(N)=O)sc2cn1. The number of carbonyl (C=O) groups is 3. The molecule has 4 heterocycles. The second-order valence-corrected chi connectivity index (χ2v) is 12.7. The fourth-order valence-corrected chi connectivity index (χ4v) is 7.40. The van der Waals surface area contributed by atoms with Gasteiger partial charge >= 0.3 is 0 Å². The number of nitrogens with two attached hydrogens (primary N) is 2. The molecule has 2 atom stereocenters. The number of thiazole rings is 1. The van der Waals surface area contributed by atoms with E-state index in [0.29, 0.717) is 26.1 Å². The Morgan fingerprint density at radius 1 is 1.10 bits per heavy atom. The summed E-state index contributed by atoms with van der Waals surface area (Å²) >= 11 is 7.16. The third-order valence-corrected chi connectivity index (χ3v) is 9.48. The van der Waals surface area contributed by atoms with Crippen LogP contribution in [0.2, 0.25) is 5.02 Å². The lowest BCUT2D eigenvalue weighted by molar-refractivity contribution is -0.120. The molecule has 3 amide bonds. The van der Waals surface area contributed by atoms with Crippen molar-refractivity contribution in [2.75, 3.05) is 13.1 Å². The predicted octanol–water partition coefficient (Wildman–Crippen LogP) is 1.77. The van der Waals surface area contributed by atoms with Crippen molar-refractivity contribution in [1.82, 2.24) is 24.2 Å². The van der Waals surface area contributed by atoms with Crippen molar-refractivity contribution in [1.29, 1.82) is 0 Å². The van der Waals surface area contributed by atoms with E-state index in [1.807, 2.05) is 0 Å². The van der Waals surface area contributed by atoms with Gasteiger partial charge in [-0.15, -0.1) is 11.3 Å².